The fourth-order valence-electron chi connectivity index (χ4n) is 1.87. The van der Waals surface area contributed by atoms with Gasteiger partial charge < -0.3 is 0 Å². The predicted octanol–water partition coefficient (Wildman–Crippen LogP) is 2.88. The van der Waals surface area contributed by atoms with Crippen LogP contribution in [0.2, 0.25) is 0 Å². The number of benzene rings is 1. The monoisotopic (exact) mass is 150 g/mol. The Labute approximate surface area is 66.1 Å². The van der Waals surface area contributed by atoms with Gasteiger partial charge in [-0.3, -0.25) is 0 Å². The lowest BCUT2D eigenvalue weighted by Gasteiger charge is -2.04. The first-order valence-electron chi connectivity index (χ1n) is 4.06. The highest BCUT2D eigenvalue weighted by molar-refractivity contribution is 5.35. The minimum absolute atomic E-state index is 0.0208. The molecule has 0 heterocycles. The first-order chi connectivity index (χ1) is 5.29. The Morgan fingerprint density at radius 1 is 1.45 bits per heavy atom. The van der Waals surface area contributed by atoms with E-state index in [1.165, 1.54) is 5.56 Å². The zero-order valence-corrected chi connectivity index (χ0v) is 6.60. The van der Waals surface area contributed by atoms with Crippen molar-refractivity contribution in [3.8, 4) is 0 Å². The minimum atomic E-state index is -0.0208. The Morgan fingerprint density at radius 3 is 3.00 bits per heavy atom. The molecular formula is C10H11F. The molecule has 1 atom stereocenters. The van der Waals surface area contributed by atoms with E-state index in [0.717, 1.165) is 18.4 Å². The average molecular weight is 150 g/mol. The summed E-state index contributed by atoms with van der Waals surface area (Å²) in [6, 6.07) is 5.38. The molecular weight excluding hydrogens is 139 g/mol. The number of hydrogen-bond donors (Lipinski definition) is 0. The van der Waals surface area contributed by atoms with Crippen molar-refractivity contribution in [1.82, 2.24) is 0 Å². The molecule has 1 unspecified atom stereocenters. The van der Waals surface area contributed by atoms with E-state index in [1.54, 1.807) is 12.1 Å². The van der Waals surface area contributed by atoms with E-state index in [0.29, 0.717) is 5.92 Å². The summed E-state index contributed by atoms with van der Waals surface area (Å²) in [6.45, 7) is 2.09. The van der Waals surface area contributed by atoms with E-state index in [-0.39, 0.29) is 5.82 Å². The number of rotatable bonds is 0. The first-order valence-corrected chi connectivity index (χ1v) is 4.06. The molecule has 58 valence electrons. The van der Waals surface area contributed by atoms with Gasteiger partial charge in [-0.05, 0) is 36.0 Å². The van der Waals surface area contributed by atoms with Crippen molar-refractivity contribution in [2.45, 2.75) is 25.7 Å². The largest absolute Gasteiger partial charge is 0.207 e. The van der Waals surface area contributed by atoms with Crippen LogP contribution < -0.4 is 0 Å². The quantitative estimate of drug-likeness (QED) is 0.533. The summed E-state index contributed by atoms with van der Waals surface area (Å²) >= 11 is 0. The Hall–Kier alpha value is -0.850. The maximum absolute atomic E-state index is 13.1. The van der Waals surface area contributed by atoms with Gasteiger partial charge >= 0.3 is 0 Å². The second-order valence-electron chi connectivity index (χ2n) is 3.25. The Kier molecular flexibility index (Phi) is 1.45. The third-order valence-corrected chi connectivity index (χ3v) is 2.48. The van der Waals surface area contributed by atoms with Crippen LogP contribution in [0.1, 0.15) is 30.4 Å². The highest BCUT2D eigenvalue weighted by Gasteiger charge is 2.21. The number of fused-ring (bicyclic) bond motifs is 1. The van der Waals surface area contributed by atoms with Crippen molar-refractivity contribution in [3.63, 3.8) is 0 Å². The summed E-state index contributed by atoms with van der Waals surface area (Å²) in [4.78, 5) is 0. The van der Waals surface area contributed by atoms with Crippen molar-refractivity contribution in [2.75, 3.05) is 0 Å². The highest BCUT2D eigenvalue weighted by atomic mass is 19.1. The highest BCUT2D eigenvalue weighted by Crippen LogP contribution is 2.33. The summed E-state index contributed by atoms with van der Waals surface area (Å²) < 4.78 is 13.1. The summed E-state index contributed by atoms with van der Waals surface area (Å²) in [5.41, 5.74) is 2.16. The molecule has 0 bridgehead atoms. The molecule has 0 aliphatic heterocycles. The van der Waals surface area contributed by atoms with Crippen LogP contribution in [0.15, 0.2) is 18.2 Å². The van der Waals surface area contributed by atoms with Crippen LogP contribution in [0, 0.1) is 5.82 Å². The molecule has 11 heavy (non-hydrogen) atoms. The fraction of sp³-hybridized carbons (Fsp3) is 0.400. The molecule has 1 aliphatic rings. The maximum atomic E-state index is 13.1. The standard InChI is InChI=1S/C10H11F/c1-7-5-6-8-3-2-4-9(11)10(7)8/h2-4,7H,5-6H2,1H3. The summed E-state index contributed by atoms with van der Waals surface area (Å²) in [5.74, 6) is 0.402. The van der Waals surface area contributed by atoms with Gasteiger partial charge in [0.05, 0.1) is 0 Å². The molecule has 1 heteroatoms. The summed E-state index contributed by atoms with van der Waals surface area (Å²) in [5, 5.41) is 0. The van der Waals surface area contributed by atoms with Gasteiger partial charge in [0.25, 0.3) is 0 Å². The van der Waals surface area contributed by atoms with Crippen molar-refractivity contribution in [1.29, 1.82) is 0 Å². The number of hydrogen-bond acceptors (Lipinski definition) is 0. The number of halogens is 1. The summed E-state index contributed by atoms with van der Waals surface area (Å²) in [7, 11) is 0. The lowest BCUT2D eigenvalue weighted by atomic mass is 10.0. The van der Waals surface area contributed by atoms with Crippen molar-refractivity contribution in [2.24, 2.45) is 0 Å². The van der Waals surface area contributed by atoms with Crippen molar-refractivity contribution < 1.29 is 4.39 Å². The van der Waals surface area contributed by atoms with Crippen LogP contribution in [-0.4, -0.2) is 0 Å². The van der Waals surface area contributed by atoms with Gasteiger partial charge in [0.15, 0.2) is 0 Å². The van der Waals surface area contributed by atoms with E-state index in [4.69, 9.17) is 0 Å². The van der Waals surface area contributed by atoms with Gasteiger partial charge in [0, 0.05) is 0 Å². The van der Waals surface area contributed by atoms with E-state index in [1.807, 2.05) is 6.07 Å². The normalized spacial score (nSPS) is 21.8. The Bertz CT molecular complexity index is 278. The molecule has 0 spiro atoms. The van der Waals surface area contributed by atoms with Gasteiger partial charge in [-0.15, -0.1) is 0 Å². The molecule has 0 saturated carbocycles. The third kappa shape index (κ3) is 0.953. The molecule has 2 rings (SSSR count). The molecule has 0 amide bonds. The van der Waals surface area contributed by atoms with Crippen molar-refractivity contribution >= 4 is 0 Å². The molecule has 1 aromatic rings. The first kappa shape index (κ1) is 6.84. The molecule has 1 aliphatic carbocycles. The molecule has 0 N–H and O–H groups in total. The summed E-state index contributed by atoms with van der Waals surface area (Å²) in [6.07, 6.45) is 2.16. The molecule has 0 saturated heterocycles. The maximum Gasteiger partial charge on any atom is 0.126 e. The molecule has 0 aromatic heterocycles. The molecule has 1 aromatic carbocycles. The van der Waals surface area contributed by atoms with Crippen LogP contribution >= 0.6 is 0 Å². The van der Waals surface area contributed by atoms with Crippen LogP contribution in [0.3, 0.4) is 0 Å². The lowest BCUT2D eigenvalue weighted by Crippen LogP contribution is -1.90. The molecule has 0 nitrogen and oxygen atoms in total. The third-order valence-electron chi connectivity index (χ3n) is 2.48. The lowest BCUT2D eigenvalue weighted by molar-refractivity contribution is 0.595. The van der Waals surface area contributed by atoms with Gasteiger partial charge in [-0.25, -0.2) is 4.39 Å². The molecule has 0 fully saturated rings. The zero-order valence-electron chi connectivity index (χ0n) is 6.60. The van der Waals surface area contributed by atoms with E-state index in [2.05, 4.69) is 6.92 Å². The van der Waals surface area contributed by atoms with Crippen LogP contribution in [0.5, 0.6) is 0 Å². The zero-order chi connectivity index (χ0) is 7.84. The van der Waals surface area contributed by atoms with E-state index in [9.17, 15) is 4.39 Å². The van der Waals surface area contributed by atoms with E-state index < -0.39 is 0 Å². The second-order valence-corrected chi connectivity index (χ2v) is 3.25. The van der Waals surface area contributed by atoms with Crippen LogP contribution in [0.4, 0.5) is 4.39 Å². The number of aryl methyl sites for hydroxylation is 1. The van der Waals surface area contributed by atoms with Crippen LogP contribution in [-0.2, 0) is 6.42 Å². The fourth-order valence-corrected chi connectivity index (χ4v) is 1.87. The van der Waals surface area contributed by atoms with E-state index >= 15 is 0 Å². The van der Waals surface area contributed by atoms with Gasteiger partial charge in [-0.1, -0.05) is 19.1 Å². The Morgan fingerprint density at radius 2 is 2.27 bits per heavy atom. The average Bonchev–Trinajstić information content (AvgIpc) is 2.34. The van der Waals surface area contributed by atoms with Gasteiger partial charge in [-0.2, -0.15) is 0 Å². The topological polar surface area (TPSA) is 0 Å². The van der Waals surface area contributed by atoms with Gasteiger partial charge in [0.2, 0.25) is 0 Å². The van der Waals surface area contributed by atoms with Crippen molar-refractivity contribution in [3.05, 3.63) is 35.1 Å². The SMILES string of the molecule is CC1CCc2cccc(F)c21. The smallest absolute Gasteiger partial charge is 0.126 e. The predicted molar refractivity (Wildman–Crippen MR) is 43.1 cm³/mol. The van der Waals surface area contributed by atoms with Gasteiger partial charge in [0.1, 0.15) is 5.82 Å². The van der Waals surface area contributed by atoms with Crippen LogP contribution in [0.25, 0.3) is 0 Å². The Balaban J connectivity index is 2.58. The minimum Gasteiger partial charge on any atom is -0.207 e. The molecule has 0 radical (unpaired) electrons. The second kappa shape index (κ2) is 2.33.